The Hall–Kier alpha value is -3.81. The van der Waals surface area contributed by atoms with Crippen LogP contribution in [-0.4, -0.2) is 46.6 Å². The molecule has 1 unspecified atom stereocenters. The second kappa shape index (κ2) is 10.00. The maximum Gasteiger partial charge on any atom is 0.303 e. The largest absolute Gasteiger partial charge is 0.482 e. The molecule has 8 heteroatoms. The molecular formula is C24H26N4O4. The van der Waals surface area contributed by atoms with Gasteiger partial charge < -0.3 is 25.0 Å². The summed E-state index contributed by atoms with van der Waals surface area (Å²) >= 11 is 0. The molecule has 32 heavy (non-hydrogen) atoms. The van der Waals surface area contributed by atoms with Crippen LogP contribution in [0.1, 0.15) is 29.9 Å². The Morgan fingerprint density at radius 2 is 2.09 bits per heavy atom. The van der Waals surface area contributed by atoms with Crippen molar-refractivity contribution in [1.29, 1.82) is 0 Å². The van der Waals surface area contributed by atoms with Crippen molar-refractivity contribution in [2.45, 2.75) is 25.2 Å². The smallest absolute Gasteiger partial charge is 0.303 e. The molecule has 2 aromatic carbocycles. The highest BCUT2D eigenvalue weighted by Crippen LogP contribution is 2.35. The second-order valence-corrected chi connectivity index (χ2v) is 7.76. The van der Waals surface area contributed by atoms with Gasteiger partial charge in [-0.3, -0.25) is 9.59 Å². The van der Waals surface area contributed by atoms with Crippen LogP contribution in [0, 0.1) is 0 Å². The summed E-state index contributed by atoms with van der Waals surface area (Å²) in [6, 6.07) is 15.4. The predicted molar refractivity (Wildman–Crippen MR) is 121 cm³/mol. The normalized spacial score (nSPS) is 13.9. The summed E-state index contributed by atoms with van der Waals surface area (Å²) in [6.07, 6.45) is 4.81. The van der Waals surface area contributed by atoms with E-state index in [0.29, 0.717) is 31.2 Å². The topological polar surface area (TPSA) is 108 Å². The number of carbonyl (C=O) groups is 2. The number of nitrogens with one attached hydrogen (secondary N) is 2. The van der Waals surface area contributed by atoms with Gasteiger partial charge in [-0.25, -0.2) is 4.98 Å². The number of imidazole rings is 1. The van der Waals surface area contributed by atoms with E-state index >= 15 is 0 Å². The van der Waals surface area contributed by atoms with Gasteiger partial charge in [0.05, 0.1) is 12.1 Å². The number of ether oxygens (including phenoxy) is 1. The summed E-state index contributed by atoms with van der Waals surface area (Å²) in [4.78, 5) is 32.7. The molecule has 1 amide bonds. The van der Waals surface area contributed by atoms with Crippen LogP contribution in [0.25, 0.3) is 0 Å². The van der Waals surface area contributed by atoms with Gasteiger partial charge in [0.2, 0.25) is 0 Å². The lowest BCUT2D eigenvalue weighted by atomic mass is 9.89. The van der Waals surface area contributed by atoms with Crippen LogP contribution in [0.15, 0.2) is 60.9 Å². The first kappa shape index (κ1) is 21.4. The number of hydrogen-bond donors (Lipinski definition) is 3. The molecule has 3 aromatic rings. The van der Waals surface area contributed by atoms with E-state index in [1.807, 2.05) is 48.5 Å². The van der Waals surface area contributed by atoms with Crippen LogP contribution in [0.3, 0.4) is 0 Å². The van der Waals surface area contributed by atoms with Gasteiger partial charge in [0, 0.05) is 25.5 Å². The lowest BCUT2D eigenvalue weighted by molar-refractivity contribution is -0.137. The minimum Gasteiger partial charge on any atom is -0.482 e. The fourth-order valence-corrected chi connectivity index (χ4v) is 3.96. The molecule has 0 spiro atoms. The molecule has 0 aliphatic carbocycles. The van der Waals surface area contributed by atoms with E-state index in [0.717, 1.165) is 23.2 Å². The Kier molecular flexibility index (Phi) is 6.69. The Labute approximate surface area is 186 Å². The Morgan fingerprint density at radius 3 is 2.84 bits per heavy atom. The highest BCUT2D eigenvalue weighted by Gasteiger charge is 2.26. The lowest BCUT2D eigenvalue weighted by Gasteiger charge is -2.30. The number of anilines is 2. The highest BCUT2D eigenvalue weighted by molar-refractivity contribution is 5.97. The minimum absolute atomic E-state index is 0.000689. The first-order valence-corrected chi connectivity index (χ1v) is 10.7. The van der Waals surface area contributed by atoms with Crippen molar-refractivity contribution in [2.75, 3.05) is 29.9 Å². The number of aromatic amines is 1. The number of rotatable bonds is 10. The van der Waals surface area contributed by atoms with Crippen molar-refractivity contribution < 1.29 is 19.4 Å². The average molecular weight is 434 g/mol. The zero-order valence-corrected chi connectivity index (χ0v) is 17.7. The van der Waals surface area contributed by atoms with Gasteiger partial charge in [-0.15, -0.1) is 0 Å². The summed E-state index contributed by atoms with van der Waals surface area (Å²) in [7, 11) is 0. The molecule has 1 aromatic heterocycles. The number of aromatic nitrogens is 2. The van der Waals surface area contributed by atoms with Crippen LogP contribution in [0.5, 0.6) is 5.75 Å². The summed E-state index contributed by atoms with van der Waals surface area (Å²) in [5, 5.41) is 12.5. The predicted octanol–water partition coefficient (Wildman–Crippen LogP) is 3.44. The Morgan fingerprint density at radius 1 is 1.25 bits per heavy atom. The highest BCUT2D eigenvalue weighted by atomic mass is 16.5. The molecule has 0 saturated carbocycles. The third-order valence-corrected chi connectivity index (χ3v) is 5.49. The van der Waals surface area contributed by atoms with Gasteiger partial charge in [-0.1, -0.05) is 36.4 Å². The van der Waals surface area contributed by atoms with Gasteiger partial charge in [-0.05, 0) is 42.0 Å². The number of nitrogens with zero attached hydrogens (tertiary/aromatic N) is 2. The number of amides is 1. The number of fused-ring (bicyclic) bond motifs is 1. The number of aliphatic carboxylic acids is 1. The number of carboxylic acid groups (broad SMARTS) is 1. The molecule has 8 nitrogen and oxygen atoms in total. The van der Waals surface area contributed by atoms with E-state index in [1.54, 1.807) is 17.3 Å². The number of carbonyl (C=O) groups excluding carboxylic acids is 1. The van der Waals surface area contributed by atoms with Gasteiger partial charge in [-0.2, -0.15) is 0 Å². The molecule has 1 atom stereocenters. The van der Waals surface area contributed by atoms with Crippen LogP contribution < -0.4 is 15.0 Å². The lowest BCUT2D eigenvalue weighted by Crippen LogP contribution is -2.40. The maximum absolute atomic E-state index is 12.4. The van der Waals surface area contributed by atoms with E-state index in [4.69, 9.17) is 4.74 Å². The molecule has 0 fully saturated rings. The first-order chi connectivity index (χ1) is 15.6. The molecule has 0 bridgehead atoms. The second-order valence-electron chi connectivity index (χ2n) is 7.76. The zero-order valence-electron chi connectivity index (χ0n) is 17.7. The van der Waals surface area contributed by atoms with E-state index in [-0.39, 0.29) is 24.9 Å². The van der Waals surface area contributed by atoms with Crippen molar-refractivity contribution in [2.24, 2.45) is 0 Å². The standard InChI is InChI=1S/C24H26N4O4/c29-22-16-32-21-14-17(13-19(15-23(30)31)18-5-2-1-3-6-18)7-8-20(21)28(22)12-4-9-25-24-26-10-11-27-24/h1-3,5-8,10-11,14,19H,4,9,12-13,15-16H2,(H,30,31)(H2,25,26,27). The Bertz CT molecular complexity index is 1050. The van der Waals surface area contributed by atoms with Crippen LogP contribution in [-0.2, 0) is 16.0 Å². The van der Waals surface area contributed by atoms with E-state index in [1.165, 1.54) is 0 Å². The fraction of sp³-hybridized carbons (Fsp3) is 0.292. The molecule has 1 aliphatic heterocycles. The van der Waals surface area contributed by atoms with Crippen LogP contribution in [0.4, 0.5) is 11.6 Å². The molecule has 0 radical (unpaired) electrons. The molecule has 4 rings (SSSR count). The molecule has 166 valence electrons. The summed E-state index contributed by atoms with van der Waals surface area (Å²) in [5.74, 6) is 0.325. The molecule has 2 heterocycles. The summed E-state index contributed by atoms with van der Waals surface area (Å²) in [6.45, 7) is 1.24. The van der Waals surface area contributed by atoms with Crippen molar-refractivity contribution in [3.63, 3.8) is 0 Å². The van der Waals surface area contributed by atoms with Gasteiger partial charge in [0.25, 0.3) is 5.91 Å². The van der Waals surface area contributed by atoms with Crippen molar-refractivity contribution in [1.82, 2.24) is 9.97 Å². The number of carboxylic acids is 1. The zero-order chi connectivity index (χ0) is 22.3. The third kappa shape index (κ3) is 5.26. The van der Waals surface area contributed by atoms with Gasteiger partial charge >= 0.3 is 5.97 Å². The van der Waals surface area contributed by atoms with Crippen molar-refractivity contribution in [3.05, 3.63) is 72.1 Å². The first-order valence-electron chi connectivity index (χ1n) is 10.7. The molecule has 1 aliphatic rings. The van der Waals surface area contributed by atoms with Gasteiger partial charge in [0.15, 0.2) is 12.6 Å². The van der Waals surface area contributed by atoms with Crippen molar-refractivity contribution in [3.8, 4) is 5.75 Å². The average Bonchev–Trinajstić information content (AvgIpc) is 3.31. The van der Waals surface area contributed by atoms with E-state index in [9.17, 15) is 14.7 Å². The molecule has 0 saturated heterocycles. The van der Waals surface area contributed by atoms with Crippen molar-refractivity contribution >= 4 is 23.5 Å². The SMILES string of the molecule is O=C(O)CC(Cc1ccc2c(c1)OCC(=O)N2CCCNc1ncc[nH]1)c1ccccc1. The summed E-state index contributed by atoms with van der Waals surface area (Å²) in [5.41, 5.74) is 2.72. The number of H-pyrrole nitrogens is 1. The maximum atomic E-state index is 12.4. The number of benzene rings is 2. The van der Waals surface area contributed by atoms with Crippen LogP contribution in [0.2, 0.25) is 0 Å². The van der Waals surface area contributed by atoms with Gasteiger partial charge in [0.1, 0.15) is 5.75 Å². The molecular weight excluding hydrogens is 408 g/mol. The fourth-order valence-electron chi connectivity index (χ4n) is 3.96. The monoisotopic (exact) mass is 434 g/mol. The van der Waals surface area contributed by atoms with E-state index in [2.05, 4.69) is 15.3 Å². The van der Waals surface area contributed by atoms with E-state index < -0.39 is 5.97 Å². The Balaban J connectivity index is 1.44. The quantitative estimate of drug-likeness (QED) is 0.422. The third-order valence-electron chi connectivity index (χ3n) is 5.49. The number of hydrogen-bond acceptors (Lipinski definition) is 5. The summed E-state index contributed by atoms with van der Waals surface area (Å²) < 4.78 is 5.70. The minimum atomic E-state index is -0.826. The van der Waals surface area contributed by atoms with Crippen LogP contribution >= 0.6 is 0 Å². The molecule has 3 N–H and O–H groups in total.